The molecule has 3 atom stereocenters. The molecule has 0 aromatic heterocycles. The number of benzene rings is 1. The summed E-state index contributed by atoms with van der Waals surface area (Å²) in [6, 6.07) is 6.77. The Morgan fingerprint density at radius 1 is 1.20 bits per heavy atom. The van der Waals surface area contributed by atoms with Crippen molar-refractivity contribution in [3.8, 4) is 5.75 Å². The molecule has 1 aromatic carbocycles. The summed E-state index contributed by atoms with van der Waals surface area (Å²) >= 11 is 0. The highest BCUT2D eigenvalue weighted by molar-refractivity contribution is 7.85. The van der Waals surface area contributed by atoms with Crippen LogP contribution in [0.4, 0.5) is 0 Å². The van der Waals surface area contributed by atoms with E-state index in [1.807, 2.05) is 13.8 Å². The lowest BCUT2D eigenvalue weighted by molar-refractivity contribution is -0.148. The van der Waals surface area contributed by atoms with Crippen molar-refractivity contribution in [1.29, 1.82) is 0 Å². The first-order valence-corrected chi connectivity index (χ1v) is 11.5. The zero-order valence-corrected chi connectivity index (χ0v) is 19.3. The number of carboxylic acid groups (broad SMARTS) is 1. The average molecular weight is 443 g/mol. The Morgan fingerprint density at radius 2 is 1.87 bits per heavy atom. The van der Waals surface area contributed by atoms with Gasteiger partial charge in [-0.2, -0.15) is 0 Å². The first-order chi connectivity index (χ1) is 13.9. The number of carboxylic acids is 1. The molecule has 0 radical (unpaired) electrons. The Labute approximate surface area is 181 Å². The minimum atomic E-state index is -1.13. The third-order valence-electron chi connectivity index (χ3n) is 5.19. The van der Waals surface area contributed by atoms with Gasteiger partial charge in [-0.15, -0.1) is 0 Å². The summed E-state index contributed by atoms with van der Waals surface area (Å²) in [4.78, 5) is 23.7. The van der Waals surface area contributed by atoms with Crippen LogP contribution in [-0.4, -0.2) is 57.7 Å². The second kappa shape index (κ2) is 11.5. The van der Waals surface area contributed by atoms with E-state index in [0.717, 1.165) is 0 Å². The van der Waals surface area contributed by atoms with Gasteiger partial charge in [0.05, 0.1) is 19.1 Å². The molecule has 30 heavy (non-hydrogen) atoms. The number of esters is 1. The van der Waals surface area contributed by atoms with Crippen LogP contribution in [0, 0.1) is 5.41 Å². The molecule has 8 heteroatoms. The van der Waals surface area contributed by atoms with Crippen LogP contribution in [-0.2, 0) is 30.5 Å². The van der Waals surface area contributed by atoms with E-state index in [9.17, 15) is 18.9 Å². The second-order valence-corrected chi connectivity index (χ2v) is 10.1. The molecule has 1 aromatic rings. The van der Waals surface area contributed by atoms with Gasteiger partial charge in [-0.05, 0) is 49.8 Å². The Hall–Kier alpha value is -1.93. The molecule has 0 aliphatic carbocycles. The maximum atomic E-state index is 12.1. The van der Waals surface area contributed by atoms with E-state index < -0.39 is 34.3 Å². The maximum Gasteiger partial charge on any atom is 0.346 e. The first-order valence-electron chi connectivity index (χ1n) is 9.99. The highest BCUT2D eigenvalue weighted by atomic mass is 32.2. The van der Waals surface area contributed by atoms with Crippen molar-refractivity contribution < 1.29 is 33.5 Å². The van der Waals surface area contributed by atoms with Crippen LogP contribution in [0.3, 0.4) is 0 Å². The van der Waals surface area contributed by atoms with Crippen LogP contribution < -0.4 is 4.74 Å². The zero-order chi connectivity index (χ0) is 22.9. The van der Waals surface area contributed by atoms with Gasteiger partial charge in [0.2, 0.25) is 0 Å². The number of carbonyl (C=O) groups excluding carboxylic acids is 1. The van der Waals surface area contributed by atoms with E-state index in [1.54, 1.807) is 38.1 Å². The van der Waals surface area contributed by atoms with Crippen LogP contribution in [0.5, 0.6) is 5.75 Å². The summed E-state index contributed by atoms with van der Waals surface area (Å²) in [6.45, 7) is 7.14. The van der Waals surface area contributed by atoms with Gasteiger partial charge in [-0.3, -0.25) is 9.00 Å². The number of aliphatic hydroxyl groups excluding tert-OH is 1. The number of ether oxygens (including phenoxy) is 2. The van der Waals surface area contributed by atoms with E-state index in [4.69, 9.17) is 9.84 Å². The molecule has 3 unspecified atom stereocenters. The molecular formula is C22H34O7S. The van der Waals surface area contributed by atoms with Crippen molar-refractivity contribution in [2.24, 2.45) is 5.41 Å². The summed E-state index contributed by atoms with van der Waals surface area (Å²) in [5.74, 6) is -0.332. The minimum Gasteiger partial charge on any atom is -0.481 e. The van der Waals surface area contributed by atoms with Gasteiger partial charge >= 0.3 is 11.9 Å². The summed E-state index contributed by atoms with van der Waals surface area (Å²) in [5.41, 5.74) is -0.764. The lowest BCUT2D eigenvalue weighted by atomic mass is 9.76. The highest BCUT2D eigenvalue weighted by Gasteiger charge is 2.36. The number of carbonyl (C=O) groups is 2. The van der Waals surface area contributed by atoms with Crippen molar-refractivity contribution in [2.75, 3.05) is 25.2 Å². The number of aliphatic carboxylic acids is 1. The van der Waals surface area contributed by atoms with E-state index in [0.29, 0.717) is 36.3 Å². The summed E-state index contributed by atoms with van der Waals surface area (Å²) in [5, 5.41) is 18.9. The highest BCUT2D eigenvalue weighted by Crippen LogP contribution is 2.35. The Morgan fingerprint density at radius 3 is 2.43 bits per heavy atom. The van der Waals surface area contributed by atoms with Crippen molar-refractivity contribution in [3.63, 3.8) is 0 Å². The minimum absolute atomic E-state index is 0.104. The van der Waals surface area contributed by atoms with Crippen LogP contribution in [0.15, 0.2) is 24.3 Å². The predicted octanol–water partition coefficient (Wildman–Crippen LogP) is 2.91. The average Bonchev–Trinajstić information content (AvgIpc) is 2.66. The first kappa shape index (κ1) is 26.1. The lowest BCUT2D eigenvalue weighted by Gasteiger charge is -2.29. The molecule has 0 amide bonds. The van der Waals surface area contributed by atoms with Crippen LogP contribution in [0.2, 0.25) is 0 Å². The Bertz CT molecular complexity index is 747. The lowest BCUT2D eigenvalue weighted by Crippen LogP contribution is -2.33. The predicted molar refractivity (Wildman–Crippen MR) is 116 cm³/mol. The third kappa shape index (κ3) is 7.72. The number of hydrogen-bond acceptors (Lipinski definition) is 6. The summed E-state index contributed by atoms with van der Waals surface area (Å²) in [7, 11) is 0.185. The molecule has 170 valence electrons. The van der Waals surface area contributed by atoms with Gasteiger partial charge < -0.3 is 19.7 Å². The fourth-order valence-corrected chi connectivity index (χ4v) is 4.67. The molecule has 0 bridgehead atoms. The van der Waals surface area contributed by atoms with Crippen LogP contribution in [0.25, 0.3) is 0 Å². The molecule has 0 saturated heterocycles. The van der Waals surface area contributed by atoms with Gasteiger partial charge in [0.1, 0.15) is 5.75 Å². The molecule has 7 nitrogen and oxygen atoms in total. The molecule has 2 N–H and O–H groups in total. The number of aliphatic hydroxyl groups is 1. The van der Waals surface area contributed by atoms with Crippen molar-refractivity contribution in [3.05, 3.63) is 29.8 Å². The van der Waals surface area contributed by atoms with E-state index in [1.165, 1.54) is 7.11 Å². The van der Waals surface area contributed by atoms with Gasteiger partial charge in [0.15, 0.2) is 6.10 Å². The summed E-state index contributed by atoms with van der Waals surface area (Å²) in [6.07, 6.45) is 0.939. The van der Waals surface area contributed by atoms with E-state index in [2.05, 4.69) is 4.74 Å². The normalized spacial score (nSPS) is 15.7. The SMILES string of the molecule is COC(=O)C(C)Oc1cccc(C(C)(CCCC(C)(C)CS(=O)CCO)C(=O)O)c1. The van der Waals surface area contributed by atoms with Crippen molar-refractivity contribution in [2.45, 2.75) is 58.5 Å². The summed E-state index contributed by atoms with van der Waals surface area (Å²) < 4.78 is 22.2. The van der Waals surface area contributed by atoms with E-state index >= 15 is 0 Å². The van der Waals surface area contributed by atoms with Crippen molar-refractivity contribution >= 4 is 22.7 Å². The molecule has 0 heterocycles. The topological polar surface area (TPSA) is 110 Å². The molecule has 1 rings (SSSR count). The second-order valence-electron chi connectivity index (χ2n) is 8.48. The quantitative estimate of drug-likeness (QED) is 0.452. The molecular weight excluding hydrogens is 408 g/mol. The molecule has 0 aliphatic rings. The van der Waals surface area contributed by atoms with Crippen LogP contribution in [0.1, 0.15) is 52.5 Å². The molecule has 0 spiro atoms. The molecule has 0 saturated carbocycles. The standard InChI is InChI=1S/C22H34O7S/c1-16(19(24)28-5)29-18-9-6-8-17(14-18)22(4,20(25)26)11-7-10-21(2,3)15-30(27)13-12-23/h6,8-9,14,16,23H,7,10-13,15H2,1-5H3,(H,25,26). The number of hydrogen-bond donors (Lipinski definition) is 2. The zero-order valence-electron chi connectivity index (χ0n) is 18.5. The van der Waals surface area contributed by atoms with Gasteiger partial charge in [-0.1, -0.05) is 32.4 Å². The molecule has 0 aliphatic heterocycles. The fraction of sp³-hybridized carbons (Fsp3) is 0.636. The number of rotatable bonds is 13. The van der Waals surface area contributed by atoms with Crippen molar-refractivity contribution in [1.82, 2.24) is 0 Å². The smallest absolute Gasteiger partial charge is 0.346 e. The van der Waals surface area contributed by atoms with Gasteiger partial charge in [-0.25, -0.2) is 4.79 Å². The Kier molecular flexibility index (Phi) is 9.97. The number of methoxy groups -OCH3 is 1. The maximum absolute atomic E-state index is 12.1. The Balaban J connectivity index is 2.89. The monoisotopic (exact) mass is 442 g/mol. The van der Waals surface area contributed by atoms with Crippen LogP contribution >= 0.6 is 0 Å². The third-order valence-corrected chi connectivity index (χ3v) is 6.93. The fourth-order valence-electron chi connectivity index (χ4n) is 3.31. The largest absolute Gasteiger partial charge is 0.481 e. The van der Waals surface area contributed by atoms with Gasteiger partial charge in [0, 0.05) is 22.3 Å². The van der Waals surface area contributed by atoms with E-state index in [-0.39, 0.29) is 17.8 Å². The van der Waals surface area contributed by atoms with Gasteiger partial charge in [0.25, 0.3) is 0 Å². The molecule has 0 fully saturated rings.